The number of carbonyl (C=O) groups excluding carboxylic acids is 1. The minimum atomic E-state index is 0.251. The predicted octanol–water partition coefficient (Wildman–Crippen LogP) is 2.07. The van der Waals surface area contributed by atoms with Crippen molar-refractivity contribution in [2.75, 3.05) is 20.2 Å². The number of fused-ring (bicyclic) bond motifs is 1. The van der Waals surface area contributed by atoms with Crippen molar-refractivity contribution in [3.05, 3.63) is 41.0 Å². The molecule has 1 aromatic heterocycles. The number of nitrogens with zero attached hydrogens (tertiary/aromatic N) is 4. The summed E-state index contributed by atoms with van der Waals surface area (Å²) < 4.78 is 7.12. The maximum absolute atomic E-state index is 11.8. The van der Waals surface area contributed by atoms with E-state index < -0.39 is 0 Å². The lowest BCUT2D eigenvalue weighted by molar-refractivity contribution is -0.127. The van der Waals surface area contributed by atoms with Crippen LogP contribution in [-0.2, 0) is 35.4 Å². The van der Waals surface area contributed by atoms with E-state index in [0.29, 0.717) is 31.8 Å². The molecule has 1 aliphatic heterocycles. The number of carbonyl (C=O) groups is 1. The molecule has 4 rings (SSSR count). The van der Waals surface area contributed by atoms with Crippen molar-refractivity contribution in [1.82, 2.24) is 19.7 Å². The molecule has 0 atom stereocenters. The Balaban J connectivity index is 1.60. The van der Waals surface area contributed by atoms with Crippen LogP contribution in [0.2, 0.25) is 0 Å². The van der Waals surface area contributed by atoms with Crippen molar-refractivity contribution in [3.8, 4) is 5.69 Å². The molecular weight excluding hydrogens is 316 g/mol. The van der Waals surface area contributed by atoms with Gasteiger partial charge in [-0.25, -0.2) is 9.67 Å². The van der Waals surface area contributed by atoms with Crippen LogP contribution in [0.4, 0.5) is 0 Å². The third-order valence-corrected chi connectivity index (χ3v) is 5.09. The first-order valence-corrected chi connectivity index (χ1v) is 9.08. The fraction of sp³-hybridized carbons (Fsp3) is 0.526. The van der Waals surface area contributed by atoms with E-state index in [1.54, 1.807) is 7.11 Å². The van der Waals surface area contributed by atoms with Crippen molar-refractivity contribution in [1.29, 1.82) is 0 Å². The van der Waals surface area contributed by atoms with Gasteiger partial charge in [0.1, 0.15) is 12.4 Å². The van der Waals surface area contributed by atoms with E-state index in [-0.39, 0.29) is 5.91 Å². The third kappa shape index (κ3) is 3.31. The van der Waals surface area contributed by atoms with Crippen molar-refractivity contribution < 1.29 is 9.53 Å². The molecule has 2 aromatic rings. The maximum Gasteiger partial charge on any atom is 0.222 e. The number of hydrogen-bond donors (Lipinski definition) is 0. The highest BCUT2D eigenvalue weighted by Gasteiger charge is 2.21. The molecule has 1 saturated heterocycles. The predicted molar refractivity (Wildman–Crippen MR) is 93.6 cm³/mol. The van der Waals surface area contributed by atoms with E-state index in [1.807, 2.05) is 9.58 Å². The number of likely N-dealkylation sites (tertiary alicyclic amines) is 1. The van der Waals surface area contributed by atoms with Gasteiger partial charge in [0.25, 0.3) is 0 Å². The molecule has 0 unspecified atom stereocenters. The third-order valence-electron chi connectivity index (χ3n) is 5.09. The zero-order valence-corrected chi connectivity index (χ0v) is 14.7. The van der Waals surface area contributed by atoms with Gasteiger partial charge in [-0.1, -0.05) is 6.07 Å². The Morgan fingerprint density at radius 1 is 1.16 bits per heavy atom. The van der Waals surface area contributed by atoms with Crippen LogP contribution in [-0.4, -0.2) is 45.8 Å². The van der Waals surface area contributed by atoms with Crippen LogP contribution >= 0.6 is 0 Å². The summed E-state index contributed by atoms with van der Waals surface area (Å²) in [7, 11) is 1.65. The van der Waals surface area contributed by atoms with E-state index in [1.165, 1.54) is 24.0 Å². The van der Waals surface area contributed by atoms with Crippen LogP contribution in [0.5, 0.6) is 0 Å². The van der Waals surface area contributed by atoms with Gasteiger partial charge in [0.05, 0.1) is 5.69 Å². The Labute approximate surface area is 147 Å². The number of aryl methyl sites for hydroxylation is 2. The van der Waals surface area contributed by atoms with Crippen molar-refractivity contribution in [2.24, 2.45) is 0 Å². The van der Waals surface area contributed by atoms with Gasteiger partial charge in [0, 0.05) is 33.0 Å². The van der Waals surface area contributed by atoms with E-state index in [4.69, 9.17) is 4.74 Å². The molecule has 1 amide bonds. The molecular formula is C19H24N4O2. The molecule has 0 saturated carbocycles. The van der Waals surface area contributed by atoms with E-state index >= 15 is 0 Å². The molecule has 132 valence electrons. The van der Waals surface area contributed by atoms with Crippen molar-refractivity contribution >= 4 is 5.91 Å². The highest BCUT2D eigenvalue weighted by molar-refractivity contribution is 5.78. The van der Waals surface area contributed by atoms with Crippen molar-refractivity contribution in [3.63, 3.8) is 0 Å². The summed E-state index contributed by atoms with van der Waals surface area (Å²) in [6.45, 7) is 1.96. The molecule has 6 heteroatoms. The molecule has 0 spiro atoms. The summed E-state index contributed by atoms with van der Waals surface area (Å²) in [5.74, 6) is 1.83. The van der Waals surface area contributed by atoms with Gasteiger partial charge in [-0.3, -0.25) is 4.79 Å². The van der Waals surface area contributed by atoms with Crippen LogP contribution in [0.15, 0.2) is 18.2 Å². The second-order valence-corrected chi connectivity index (χ2v) is 6.83. The molecule has 6 nitrogen and oxygen atoms in total. The Kier molecular flexibility index (Phi) is 4.53. The standard InChI is InChI=1S/C19H24N4O2/c1-25-13-17-20-18(9-11-22-10-3-6-19(22)24)23(21-17)16-8-7-14-4-2-5-15(14)12-16/h7-8,12H,2-6,9-11,13H2,1H3. The zero-order chi connectivity index (χ0) is 17.2. The van der Waals surface area contributed by atoms with Crippen LogP contribution in [0, 0.1) is 0 Å². The monoisotopic (exact) mass is 340 g/mol. The Morgan fingerprint density at radius 2 is 2.04 bits per heavy atom. The van der Waals surface area contributed by atoms with E-state index in [2.05, 4.69) is 28.3 Å². The molecule has 25 heavy (non-hydrogen) atoms. The summed E-state index contributed by atoms with van der Waals surface area (Å²) >= 11 is 0. The van der Waals surface area contributed by atoms with Gasteiger partial charge >= 0.3 is 0 Å². The zero-order valence-electron chi connectivity index (χ0n) is 14.7. The van der Waals surface area contributed by atoms with Gasteiger partial charge in [0.15, 0.2) is 5.82 Å². The SMILES string of the molecule is COCc1nc(CCN2CCCC2=O)n(-c2ccc3c(c2)CCC3)n1. The number of amides is 1. The van der Waals surface area contributed by atoms with E-state index in [0.717, 1.165) is 30.9 Å². The Morgan fingerprint density at radius 3 is 2.84 bits per heavy atom. The van der Waals surface area contributed by atoms with Crippen LogP contribution < -0.4 is 0 Å². The van der Waals surface area contributed by atoms with Gasteiger partial charge in [-0.2, -0.15) is 0 Å². The minimum Gasteiger partial charge on any atom is -0.377 e. The molecule has 0 N–H and O–H groups in total. The van der Waals surface area contributed by atoms with Crippen LogP contribution in [0.3, 0.4) is 0 Å². The van der Waals surface area contributed by atoms with Gasteiger partial charge < -0.3 is 9.64 Å². The lowest BCUT2D eigenvalue weighted by atomic mass is 10.1. The first kappa shape index (κ1) is 16.3. The molecule has 1 aliphatic carbocycles. The van der Waals surface area contributed by atoms with Gasteiger partial charge in [-0.15, -0.1) is 5.10 Å². The number of rotatable bonds is 6. The maximum atomic E-state index is 11.8. The second kappa shape index (κ2) is 6.96. The van der Waals surface area contributed by atoms with E-state index in [9.17, 15) is 4.79 Å². The highest BCUT2D eigenvalue weighted by atomic mass is 16.5. The Bertz CT molecular complexity index is 784. The fourth-order valence-corrected chi connectivity index (χ4v) is 3.82. The van der Waals surface area contributed by atoms with Crippen LogP contribution in [0.25, 0.3) is 5.69 Å². The lowest BCUT2D eigenvalue weighted by Gasteiger charge is -2.15. The smallest absolute Gasteiger partial charge is 0.222 e. The summed E-state index contributed by atoms with van der Waals surface area (Å²) in [5, 5.41) is 4.64. The largest absolute Gasteiger partial charge is 0.377 e. The molecule has 2 aliphatic rings. The average molecular weight is 340 g/mol. The average Bonchev–Trinajstić information content (AvgIpc) is 3.32. The van der Waals surface area contributed by atoms with Crippen molar-refractivity contribution in [2.45, 2.75) is 45.1 Å². The Hall–Kier alpha value is -2.21. The minimum absolute atomic E-state index is 0.251. The first-order valence-electron chi connectivity index (χ1n) is 9.08. The summed E-state index contributed by atoms with van der Waals surface area (Å²) in [5.41, 5.74) is 3.92. The number of hydrogen-bond acceptors (Lipinski definition) is 4. The molecule has 1 aromatic carbocycles. The number of ether oxygens (including phenoxy) is 1. The summed E-state index contributed by atoms with van der Waals surface area (Å²) in [6.07, 6.45) is 5.89. The highest BCUT2D eigenvalue weighted by Crippen LogP contribution is 2.25. The fourth-order valence-electron chi connectivity index (χ4n) is 3.82. The number of aromatic nitrogens is 3. The topological polar surface area (TPSA) is 60.2 Å². The lowest BCUT2D eigenvalue weighted by Crippen LogP contribution is -2.27. The van der Waals surface area contributed by atoms with Crippen LogP contribution in [0.1, 0.15) is 42.0 Å². The first-order chi connectivity index (χ1) is 12.2. The quantitative estimate of drug-likeness (QED) is 0.808. The van der Waals surface area contributed by atoms with Gasteiger partial charge in [-0.05, 0) is 48.9 Å². The molecule has 0 bridgehead atoms. The molecule has 2 heterocycles. The summed E-state index contributed by atoms with van der Waals surface area (Å²) in [4.78, 5) is 18.4. The number of methoxy groups -OCH3 is 1. The normalized spacial score (nSPS) is 16.7. The second-order valence-electron chi connectivity index (χ2n) is 6.83. The molecule has 1 fully saturated rings. The molecule has 0 radical (unpaired) electrons. The number of benzene rings is 1. The van der Waals surface area contributed by atoms with Gasteiger partial charge in [0.2, 0.25) is 5.91 Å². The summed E-state index contributed by atoms with van der Waals surface area (Å²) in [6, 6.07) is 6.57.